The maximum Gasteiger partial charge on any atom is 0.223 e. The van der Waals surface area contributed by atoms with Crippen LogP contribution >= 0.6 is 0 Å². The highest BCUT2D eigenvalue weighted by molar-refractivity contribution is 5.78. The fraction of sp³-hybridized carbons (Fsp3) is 0.960. The van der Waals surface area contributed by atoms with Crippen molar-refractivity contribution in [2.24, 2.45) is 11.8 Å². The number of nitrogens with one attached hydrogen (secondary N) is 3. The van der Waals surface area contributed by atoms with Crippen molar-refractivity contribution in [3.05, 3.63) is 0 Å². The Morgan fingerprint density at radius 1 is 0.939 bits per heavy atom. The Kier molecular flexibility index (Phi) is 8.21. The summed E-state index contributed by atoms with van der Waals surface area (Å²) in [7, 11) is 0. The van der Waals surface area contributed by atoms with E-state index >= 15 is 0 Å². The molecule has 3 saturated heterocycles. The fourth-order valence-electron chi connectivity index (χ4n) is 6.65. The molecule has 3 aliphatic heterocycles. The molecule has 0 aromatic carbocycles. The maximum absolute atomic E-state index is 12.8. The summed E-state index contributed by atoms with van der Waals surface area (Å²) in [5, 5.41) is 16.1. The van der Waals surface area contributed by atoms with Crippen LogP contribution in [0.3, 0.4) is 0 Å². The molecule has 8 heteroatoms. The molecule has 1 amide bonds. The summed E-state index contributed by atoms with van der Waals surface area (Å²) in [6.45, 7) is 9.13. The van der Waals surface area contributed by atoms with Gasteiger partial charge in [0.05, 0.1) is 19.4 Å². The smallest absolute Gasteiger partial charge is 0.223 e. The summed E-state index contributed by atoms with van der Waals surface area (Å²) in [5.74, 6) is 1.30. The van der Waals surface area contributed by atoms with Crippen molar-refractivity contribution in [2.45, 2.75) is 95.7 Å². The van der Waals surface area contributed by atoms with Crippen molar-refractivity contribution in [3.8, 4) is 0 Å². The van der Waals surface area contributed by atoms with Gasteiger partial charge in [-0.25, -0.2) is 5.01 Å². The van der Waals surface area contributed by atoms with Crippen LogP contribution in [0.5, 0.6) is 0 Å². The lowest BCUT2D eigenvalue weighted by Gasteiger charge is -2.32. The lowest BCUT2D eigenvalue weighted by atomic mass is 9.85. The van der Waals surface area contributed by atoms with Gasteiger partial charge in [0.2, 0.25) is 5.91 Å². The van der Waals surface area contributed by atoms with Crippen LogP contribution in [0.15, 0.2) is 0 Å². The molecule has 5 aliphatic rings. The highest BCUT2D eigenvalue weighted by Crippen LogP contribution is 2.37. The van der Waals surface area contributed by atoms with E-state index in [1.165, 1.54) is 38.5 Å². The molecule has 2 aliphatic carbocycles. The highest BCUT2D eigenvalue weighted by atomic mass is 16.5. The van der Waals surface area contributed by atoms with E-state index < -0.39 is 0 Å². The number of hydrazine groups is 1. The van der Waals surface area contributed by atoms with E-state index in [1.807, 2.05) is 0 Å². The number of hydrogen-bond acceptors (Lipinski definition) is 7. The quantitative estimate of drug-likeness (QED) is 0.356. The minimum atomic E-state index is 0.170. The van der Waals surface area contributed by atoms with Gasteiger partial charge in [0.25, 0.3) is 0 Å². The molecule has 0 aromatic rings. The van der Waals surface area contributed by atoms with Gasteiger partial charge in [-0.3, -0.25) is 20.3 Å². The fourth-order valence-corrected chi connectivity index (χ4v) is 6.65. The van der Waals surface area contributed by atoms with Gasteiger partial charge in [-0.15, -0.1) is 0 Å². The van der Waals surface area contributed by atoms with Crippen molar-refractivity contribution < 1.29 is 9.53 Å². The normalized spacial score (nSPS) is 41.5. The molecular formula is C25H46N6O2. The lowest BCUT2D eigenvalue weighted by molar-refractivity contribution is -0.126. The lowest BCUT2D eigenvalue weighted by Crippen LogP contribution is -2.48. The van der Waals surface area contributed by atoms with Crippen LogP contribution in [0.1, 0.15) is 71.1 Å². The van der Waals surface area contributed by atoms with Gasteiger partial charge < -0.3 is 10.1 Å². The zero-order chi connectivity index (χ0) is 22.6. The van der Waals surface area contributed by atoms with Gasteiger partial charge in [0.15, 0.2) is 0 Å². The molecule has 0 radical (unpaired) electrons. The first-order chi connectivity index (χ1) is 16.2. The van der Waals surface area contributed by atoms with Crippen LogP contribution in [0.2, 0.25) is 0 Å². The zero-order valence-corrected chi connectivity index (χ0v) is 20.6. The van der Waals surface area contributed by atoms with E-state index in [9.17, 15) is 4.79 Å². The van der Waals surface area contributed by atoms with Gasteiger partial charge in [0.1, 0.15) is 6.29 Å². The number of amides is 1. The Morgan fingerprint density at radius 2 is 1.73 bits per heavy atom. The van der Waals surface area contributed by atoms with E-state index in [0.29, 0.717) is 24.5 Å². The second-order valence-electron chi connectivity index (χ2n) is 11.2. The molecule has 33 heavy (non-hydrogen) atoms. The Balaban J connectivity index is 1.00. The Morgan fingerprint density at radius 3 is 2.55 bits per heavy atom. The van der Waals surface area contributed by atoms with E-state index in [2.05, 4.69) is 37.8 Å². The summed E-state index contributed by atoms with van der Waals surface area (Å²) in [6.07, 6.45) is 12.9. The first-order valence-electron chi connectivity index (χ1n) is 13.8. The van der Waals surface area contributed by atoms with Crippen molar-refractivity contribution in [2.75, 3.05) is 45.9 Å². The number of rotatable bonds is 9. The Labute approximate surface area is 200 Å². The van der Waals surface area contributed by atoms with Gasteiger partial charge in [0, 0.05) is 44.2 Å². The molecule has 5 rings (SSSR count). The van der Waals surface area contributed by atoms with Gasteiger partial charge in [-0.2, -0.15) is 5.01 Å². The van der Waals surface area contributed by atoms with Crippen molar-refractivity contribution >= 4 is 5.91 Å². The average Bonchev–Trinajstić information content (AvgIpc) is 3.34. The van der Waals surface area contributed by atoms with E-state index in [4.69, 9.17) is 4.74 Å². The topological polar surface area (TPSA) is 71.7 Å². The molecular weight excluding hydrogens is 416 g/mol. The van der Waals surface area contributed by atoms with Crippen LogP contribution in [0.4, 0.5) is 0 Å². The minimum absolute atomic E-state index is 0.170. The molecule has 0 bridgehead atoms. The summed E-state index contributed by atoms with van der Waals surface area (Å²) < 4.78 is 5.41. The summed E-state index contributed by atoms with van der Waals surface area (Å²) in [6, 6.07) is 1.14. The van der Waals surface area contributed by atoms with Crippen LogP contribution in [-0.2, 0) is 9.53 Å². The molecule has 2 saturated carbocycles. The second-order valence-corrected chi connectivity index (χ2v) is 11.2. The predicted octanol–water partition coefficient (Wildman–Crippen LogP) is 1.69. The zero-order valence-electron chi connectivity index (χ0n) is 20.6. The van der Waals surface area contributed by atoms with E-state index in [1.54, 1.807) is 0 Å². The van der Waals surface area contributed by atoms with E-state index in [0.717, 1.165) is 77.5 Å². The summed E-state index contributed by atoms with van der Waals surface area (Å²) in [4.78, 5) is 15.2. The first-order valence-corrected chi connectivity index (χ1v) is 13.8. The minimum Gasteiger partial charge on any atom is -0.379 e. The maximum atomic E-state index is 12.8. The van der Waals surface area contributed by atoms with Crippen LogP contribution in [0, 0.1) is 11.8 Å². The largest absolute Gasteiger partial charge is 0.379 e. The molecule has 3 N–H and O–H groups in total. The van der Waals surface area contributed by atoms with Gasteiger partial charge >= 0.3 is 0 Å². The molecule has 8 atom stereocenters. The first kappa shape index (κ1) is 23.9. The summed E-state index contributed by atoms with van der Waals surface area (Å²) in [5.41, 5.74) is 0. The van der Waals surface area contributed by atoms with Crippen LogP contribution in [0.25, 0.3) is 0 Å². The molecule has 0 spiro atoms. The van der Waals surface area contributed by atoms with Crippen molar-refractivity contribution in [3.63, 3.8) is 0 Å². The highest BCUT2D eigenvalue weighted by Gasteiger charge is 2.55. The Hall–Kier alpha value is -0.770. The number of ether oxygens (including phenoxy) is 1. The van der Waals surface area contributed by atoms with Crippen molar-refractivity contribution in [1.82, 2.24) is 30.9 Å². The summed E-state index contributed by atoms with van der Waals surface area (Å²) >= 11 is 0. The molecule has 5 fully saturated rings. The number of carbonyl (C=O) groups is 1. The van der Waals surface area contributed by atoms with E-state index in [-0.39, 0.29) is 11.8 Å². The molecule has 8 nitrogen and oxygen atoms in total. The number of carbonyl (C=O) groups excluding carboxylic acids is 1. The third-order valence-electron chi connectivity index (χ3n) is 8.57. The average molecular weight is 463 g/mol. The Bertz CT molecular complexity index is 644. The number of fused-ring (bicyclic) bond motifs is 1. The number of morpholine rings is 1. The third-order valence-corrected chi connectivity index (χ3v) is 8.57. The molecule has 188 valence electrons. The standard InChI is InChI=1S/C25H46N6O2/c1-19-5-2-7-21(17-19)28-25-30-12-9-23(31(25)30)27-22-8-3-6-20(18-22)24(32)26-10-4-11-29-13-15-33-16-14-29/h19-23,25,27-28H,2-18H2,1H3,(H,26,32). The molecule has 3 heterocycles. The SMILES string of the molecule is CC1CCCC(NC2N3CCC(NC4CCCC(C(=O)NCCCN5CCOCC5)C4)N23)C1. The predicted molar refractivity (Wildman–Crippen MR) is 129 cm³/mol. The van der Waals surface area contributed by atoms with Gasteiger partial charge in [-0.1, -0.05) is 26.2 Å². The van der Waals surface area contributed by atoms with Crippen LogP contribution < -0.4 is 16.0 Å². The number of nitrogens with zero attached hydrogens (tertiary/aromatic N) is 3. The monoisotopic (exact) mass is 462 g/mol. The second kappa shape index (κ2) is 11.3. The molecule has 0 aromatic heterocycles. The number of hydrogen-bond donors (Lipinski definition) is 3. The van der Waals surface area contributed by atoms with Crippen LogP contribution in [-0.4, -0.2) is 91.3 Å². The third kappa shape index (κ3) is 6.27. The van der Waals surface area contributed by atoms with Gasteiger partial charge in [-0.05, 0) is 57.4 Å². The van der Waals surface area contributed by atoms with Crippen molar-refractivity contribution in [1.29, 1.82) is 0 Å². The molecule has 8 unspecified atom stereocenters.